The van der Waals surface area contributed by atoms with Gasteiger partial charge in [-0.2, -0.15) is 0 Å². The van der Waals surface area contributed by atoms with E-state index in [0.717, 1.165) is 10.0 Å². The number of hydrazine groups is 1. The largest absolute Gasteiger partial charge is 0.481 e. The Balaban J connectivity index is 2.49. The monoisotopic (exact) mass is 328 g/mol. The molecule has 0 aliphatic carbocycles. The zero-order valence-electron chi connectivity index (χ0n) is 10.2. The quantitative estimate of drug-likeness (QED) is 0.727. The van der Waals surface area contributed by atoms with Crippen molar-refractivity contribution >= 4 is 33.7 Å². The van der Waals surface area contributed by atoms with E-state index in [0.29, 0.717) is 5.56 Å². The fraction of sp³-hybridized carbons (Fsp3) is 0.250. The molecule has 0 fully saturated rings. The van der Waals surface area contributed by atoms with E-state index in [1.54, 1.807) is 18.2 Å². The highest BCUT2D eigenvalue weighted by molar-refractivity contribution is 9.10. The van der Waals surface area contributed by atoms with Gasteiger partial charge in [0.1, 0.15) is 0 Å². The number of benzene rings is 1. The molecule has 2 amide bonds. The van der Waals surface area contributed by atoms with Crippen molar-refractivity contribution in [2.24, 2.45) is 0 Å². The first kappa shape index (κ1) is 15.2. The Morgan fingerprint density at radius 3 is 2.47 bits per heavy atom. The van der Waals surface area contributed by atoms with Gasteiger partial charge in [-0.3, -0.25) is 25.2 Å². The number of carbonyl (C=O) groups excluding carboxylic acids is 2. The lowest BCUT2D eigenvalue weighted by atomic mass is 10.1. The van der Waals surface area contributed by atoms with Crippen LogP contribution in [-0.4, -0.2) is 22.9 Å². The van der Waals surface area contributed by atoms with Crippen LogP contribution in [0.5, 0.6) is 0 Å². The fourth-order valence-corrected chi connectivity index (χ4v) is 1.59. The normalized spacial score (nSPS) is 9.79. The van der Waals surface area contributed by atoms with Crippen LogP contribution in [0.3, 0.4) is 0 Å². The van der Waals surface area contributed by atoms with Crippen molar-refractivity contribution in [2.45, 2.75) is 19.8 Å². The average Bonchev–Trinajstić information content (AvgIpc) is 2.36. The zero-order valence-corrected chi connectivity index (χ0v) is 11.8. The van der Waals surface area contributed by atoms with Gasteiger partial charge in [0.05, 0.1) is 6.42 Å². The van der Waals surface area contributed by atoms with E-state index in [9.17, 15) is 14.4 Å². The smallest absolute Gasteiger partial charge is 0.303 e. The Morgan fingerprint density at radius 2 is 1.89 bits per heavy atom. The lowest BCUT2D eigenvalue weighted by molar-refractivity contribution is -0.138. The van der Waals surface area contributed by atoms with Crippen molar-refractivity contribution in [3.8, 4) is 0 Å². The Kier molecular flexibility index (Phi) is 5.50. The van der Waals surface area contributed by atoms with Crippen molar-refractivity contribution < 1.29 is 19.5 Å². The molecule has 0 aromatic heterocycles. The summed E-state index contributed by atoms with van der Waals surface area (Å²) in [6, 6.07) is 5.03. The molecule has 102 valence electrons. The third-order valence-corrected chi connectivity index (χ3v) is 3.17. The molecule has 1 aromatic rings. The molecule has 0 aliphatic rings. The molecule has 0 unspecified atom stereocenters. The maximum Gasteiger partial charge on any atom is 0.303 e. The Hall–Kier alpha value is -1.89. The van der Waals surface area contributed by atoms with Crippen LogP contribution in [-0.2, 0) is 9.59 Å². The summed E-state index contributed by atoms with van der Waals surface area (Å²) in [5, 5.41) is 8.40. The molecule has 0 radical (unpaired) electrons. The highest BCUT2D eigenvalue weighted by Gasteiger charge is 2.09. The summed E-state index contributed by atoms with van der Waals surface area (Å²) in [4.78, 5) is 33.2. The number of aryl methyl sites for hydroxylation is 1. The van der Waals surface area contributed by atoms with Gasteiger partial charge in [-0.25, -0.2) is 0 Å². The minimum absolute atomic E-state index is 0.187. The molecule has 0 saturated heterocycles. The average molecular weight is 329 g/mol. The third kappa shape index (κ3) is 5.09. The van der Waals surface area contributed by atoms with Crippen LogP contribution in [0.25, 0.3) is 0 Å². The molecule has 1 aromatic carbocycles. The summed E-state index contributed by atoms with van der Waals surface area (Å²) in [5.41, 5.74) is 5.74. The number of amides is 2. The maximum absolute atomic E-state index is 11.7. The molecule has 0 spiro atoms. The van der Waals surface area contributed by atoms with Gasteiger partial charge in [-0.1, -0.05) is 22.0 Å². The molecule has 3 N–H and O–H groups in total. The third-order valence-electron chi connectivity index (χ3n) is 2.32. The van der Waals surface area contributed by atoms with Gasteiger partial charge in [-0.05, 0) is 24.6 Å². The second-order valence-electron chi connectivity index (χ2n) is 3.86. The molecule has 1 rings (SSSR count). The molecular formula is C12H13BrN2O4. The summed E-state index contributed by atoms with van der Waals surface area (Å²) in [6.07, 6.45) is -0.467. The van der Waals surface area contributed by atoms with E-state index in [1.807, 2.05) is 6.92 Å². The number of aliphatic carboxylic acids is 1. The van der Waals surface area contributed by atoms with E-state index >= 15 is 0 Å². The first-order valence-corrected chi connectivity index (χ1v) is 6.26. The second-order valence-corrected chi connectivity index (χ2v) is 4.71. The van der Waals surface area contributed by atoms with Gasteiger partial charge in [0.15, 0.2) is 0 Å². The molecule has 6 nitrogen and oxygen atoms in total. The van der Waals surface area contributed by atoms with Crippen LogP contribution in [0.2, 0.25) is 0 Å². The van der Waals surface area contributed by atoms with Crippen molar-refractivity contribution in [3.05, 3.63) is 33.8 Å². The fourth-order valence-electron chi connectivity index (χ4n) is 1.22. The first-order valence-electron chi connectivity index (χ1n) is 5.47. The number of hydrogen-bond acceptors (Lipinski definition) is 3. The van der Waals surface area contributed by atoms with E-state index < -0.39 is 17.8 Å². The van der Waals surface area contributed by atoms with E-state index in [1.165, 1.54) is 0 Å². The maximum atomic E-state index is 11.7. The Morgan fingerprint density at radius 1 is 1.21 bits per heavy atom. The van der Waals surface area contributed by atoms with Gasteiger partial charge in [0, 0.05) is 16.5 Å². The summed E-state index contributed by atoms with van der Waals surface area (Å²) in [6.45, 7) is 1.89. The minimum atomic E-state index is -1.07. The standard InChI is InChI=1S/C12H13BrN2O4/c1-7-2-3-8(6-9(7)13)12(19)15-14-10(16)4-5-11(17)18/h2-3,6H,4-5H2,1H3,(H,14,16)(H,15,19)(H,17,18). The molecule has 0 saturated carbocycles. The minimum Gasteiger partial charge on any atom is -0.481 e. The van der Waals surface area contributed by atoms with Crippen LogP contribution in [0.1, 0.15) is 28.8 Å². The molecule has 0 bridgehead atoms. The number of carboxylic acids is 1. The summed E-state index contributed by atoms with van der Waals surface area (Å²) in [5.74, 6) is -2.09. The van der Waals surface area contributed by atoms with Crippen molar-refractivity contribution in [2.75, 3.05) is 0 Å². The highest BCUT2D eigenvalue weighted by Crippen LogP contribution is 2.17. The van der Waals surface area contributed by atoms with E-state index in [-0.39, 0.29) is 12.8 Å². The SMILES string of the molecule is Cc1ccc(C(=O)NNC(=O)CCC(=O)O)cc1Br. The van der Waals surface area contributed by atoms with E-state index in [2.05, 4.69) is 26.8 Å². The summed E-state index contributed by atoms with van der Waals surface area (Å²) >= 11 is 3.30. The lowest BCUT2D eigenvalue weighted by Crippen LogP contribution is -2.41. The van der Waals surface area contributed by atoms with Crippen LogP contribution in [0.4, 0.5) is 0 Å². The van der Waals surface area contributed by atoms with Crippen LogP contribution < -0.4 is 10.9 Å². The molecule has 0 atom stereocenters. The number of rotatable bonds is 4. The highest BCUT2D eigenvalue weighted by atomic mass is 79.9. The van der Waals surface area contributed by atoms with Gasteiger partial charge in [-0.15, -0.1) is 0 Å². The molecule has 7 heteroatoms. The molecular weight excluding hydrogens is 316 g/mol. The van der Waals surface area contributed by atoms with Crippen LogP contribution in [0.15, 0.2) is 22.7 Å². The van der Waals surface area contributed by atoms with Gasteiger partial charge < -0.3 is 5.11 Å². The van der Waals surface area contributed by atoms with Crippen molar-refractivity contribution in [1.82, 2.24) is 10.9 Å². The molecule has 19 heavy (non-hydrogen) atoms. The predicted octanol–water partition coefficient (Wildman–Crippen LogP) is 1.38. The number of carboxylic acid groups (broad SMARTS) is 1. The number of nitrogens with one attached hydrogen (secondary N) is 2. The Labute approximate surface area is 118 Å². The van der Waals surface area contributed by atoms with Gasteiger partial charge >= 0.3 is 5.97 Å². The summed E-state index contributed by atoms with van der Waals surface area (Å²) < 4.78 is 0.789. The van der Waals surface area contributed by atoms with Crippen LogP contribution in [0, 0.1) is 6.92 Å². The second kappa shape index (κ2) is 6.89. The van der Waals surface area contributed by atoms with Crippen molar-refractivity contribution in [3.63, 3.8) is 0 Å². The zero-order chi connectivity index (χ0) is 14.4. The first-order chi connectivity index (χ1) is 8.90. The van der Waals surface area contributed by atoms with Crippen molar-refractivity contribution in [1.29, 1.82) is 0 Å². The number of carbonyl (C=O) groups is 3. The number of hydrogen-bond donors (Lipinski definition) is 3. The molecule has 0 aliphatic heterocycles. The van der Waals surface area contributed by atoms with Crippen LogP contribution >= 0.6 is 15.9 Å². The topological polar surface area (TPSA) is 95.5 Å². The lowest BCUT2D eigenvalue weighted by Gasteiger charge is -2.07. The number of halogens is 1. The molecule has 0 heterocycles. The Bertz CT molecular complexity index is 516. The van der Waals surface area contributed by atoms with Gasteiger partial charge in [0.2, 0.25) is 5.91 Å². The van der Waals surface area contributed by atoms with E-state index in [4.69, 9.17) is 5.11 Å². The van der Waals surface area contributed by atoms with Gasteiger partial charge in [0.25, 0.3) is 5.91 Å². The predicted molar refractivity (Wildman–Crippen MR) is 71.4 cm³/mol. The summed E-state index contributed by atoms with van der Waals surface area (Å²) in [7, 11) is 0.